The number of hydrogen-bond acceptors (Lipinski definition) is 3. The normalized spacial score (nSPS) is 16.8. The van der Waals surface area contributed by atoms with E-state index in [1.807, 2.05) is 18.2 Å². The van der Waals surface area contributed by atoms with Gasteiger partial charge in [0.25, 0.3) is 0 Å². The molecule has 0 aliphatic carbocycles. The lowest BCUT2D eigenvalue weighted by Gasteiger charge is -2.18. The average molecular weight is 243 g/mol. The number of alkyl halides is 1. The van der Waals surface area contributed by atoms with Crippen LogP contribution in [-0.4, -0.2) is 17.5 Å². The van der Waals surface area contributed by atoms with Crippen molar-refractivity contribution in [3.8, 4) is 0 Å². The molecule has 1 amide bonds. The number of hydrogen-bond donors (Lipinski definition) is 2. The largest absolute Gasteiger partial charge is 0.324 e. The van der Waals surface area contributed by atoms with Gasteiger partial charge in [0.1, 0.15) is 0 Å². The Kier molecular flexibility index (Phi) is 3.19. The highest BCUT2D eigenvalue weighted by Crippen LogP contribution is 2.33. The van der Waals surface area contributed by atoms with Crippen LogP contribution in [0.5, 0.6) is 0 Å². The molecule has 0 aromatic heterocycles. The number of fused-ring (bicyclic) bond motifs is 1. The summed E-state index contributed by atoms with van der Waals surface area (Å²) in [5.41, 5.74) is 7.60. The van der Waals surface area contributed by atoms with Crippen LogP contribution in [0.25, 0.3) is 0 Å². The highest BCUT2D eigenvalue weighted by atomic mass is 35.5. The summed E-state index contributed by atoms with van der Waals surface area (Å²) in [6.45, 7) is 0. The summed E-state index contributed by atoms with van der Waals surface area (Å²) < 4.78 is 0. The summed E-state index contributed by atoms with van der Waals surface area (Å²) in [5.74, 6) is 0.887. The number of anilines is 1. The summed E-state index contributed by atoms with van der Waals surface area (Å²) in [6.07, 6.45) is 0. The molecule has 1 atom stereocenters. The number of nitrogens with two attached hydrogens (primary N) is 1. The fourth-order valence-electron chi connectivity index (χ4n) is 1.42. The van der Waals surface area contributed by atoms with Gasteiger partial charge in [0.05, 0.1) is 11.4 Å². The fourth-order valence-corrected chi connectivity index (χ4v) is 2.39. The highest BCUT2D eigenvalue weighted by molar-refractivity contribution is 8.00. The average Bonchev–Trinajstić information content (AvgIpc) is 2.27. The third-order valence-corrected chi connectivity index (χ3v) is 3.64. The van der Waals surface area contributed by atoms with Gasteiger partial charge in [0, 0.05) is 16.8 Å². The topological polar surface area (TPSA) is 55.1 Å². The number of carbonyl (C=O) groups is 1. The first-order valence-electron chi connectivity index (χ1n) is 4.59. The molecular weight excluding hydrogens is 232 g/mol. The minimum absolute atomic E-state index is 0.0316. The molecule has 3 N–H and O–H groups in total. The molecule has 5 heteroatoms. The number of carbonyl (C=O) groups excluding carboxylic acids is 1. The van der Waals surface area contributed by atoms with Gasteiger partial charge in [-0.1, -0.05) is 6.07 Å². The predicted octanol–water partition coefficient (Wildman–Crippen LogP) is 1.97. The lowest BCUT2D eigenvalue weighted by atomic mass is 10.1. The van der Waals surface area contributed by atoms with Crippen LogP contribution in [0.4, 0.5) is 5.69 Å². The van der Waals surface area contributed by atoms with Gasteiger partial charge in [-0.05, 0) is 17.7 Å². The number of thioether (sulfide) groups is 1. The first-order valence-corrected chi connectivity index (χ1v) is 6.11. The quantitative estimate of drug-likeness (QED) is 0.780. The van der Waals surface area contributed by atoms with E-state index < -0.39 is 0 Å². The van der Waals surface area contributed by atoms with Gasteiger partial charge < -0.3 is 11.1 Å². The Morgan fingerprint density at radius 3 is 3.13 bits per heavy atom. The van der Waals surface area contributed by atoms with Crippen molar-refractivity contribution < 1.29 is 4.79 Å². The van der Waals surface area contributed by atoms with Crippen molar-refractivity contribution in [2.75, 3.05) is 16.9 Å². The first-order chi connectivity index (χ1) is 7.20. The van der Waals surface area contributed by atoms with Crippen LogP contribution in [0, 0.1) is 0 Å². The second-order valence-corrected chi connectivity index (χ2v) is 4.68. The highest BCUT2D eigenvalue weighted by Gasteiger charge is 2.16. The Morgan fingerprint density at radius 1 is 1.60 bits per heavy atom. The van der Waals surface area contributed by atoms with E-state index in [9.17, 15) is 4.79 Å². The molecule has 1 aromatic rings. The molecule has 0 bridgehead atoms. The molecule has 0 radical (unpaired) electrons. The molecule has 1 aliphatic rings. The lowest BCUT2D eigenvalue weighted by Crippen LogP contribution is -2.19. The Morgan fingerprint density at radius 2 is 2.40 bits per heavy atom. The van der Waals surface area contributed by atoms with E-state index in [-0.39, 0.29) is 11.9 Å². The van der Waals surface area contributed by atoms with Gasteiger partial charge in [-0.25, -0.2) is 0 Å². The number of halogens is 1. The van der Waals surface area contributed by atoms with Gasteiger partial charge in [-0.2, -0.15) is 0 Å². The second-order valence-electron chi connectivity index (χ2n) is 3.35. The third-order valence-electron chi connectivity index (χ3n) is 2.23. The molecule has 2 rings (SSSR count). The van der Waals surface area contributed by atoms with E-state index >= 15 is 0 Å². The molecule has 1 aromatic carbocycles. The molecule has 0 spiro atoms. The molecule has 15 heavy (non-hydrogen) atoms. The fraction of sp³-hybridized carbons (Fsp3) is 0.300. The monoisotopic (exact) mass is 242 g/mol. The molecule has 1 heterocycles. The third kappa shape index (κ3) is 2.27. The van der Waals surface area contributed by atoms with Gasteiger partial charge in [-0.15, -0.1) is 23.4 Å². The van der Waals surface area contributed by atoms with Crippen molar-refractivity contribution >= 4 is 35.0 Å². The summed E-state index contributed by atoms with van der Waals surface area (Å²) >= 11 is 7.22. The van der Waals surface area contributed by atoms with Crippen molar-refractivity contribution in [2.24, 2.45) is 5.73 Å². The van der Waals surface area contributed by atoms with Crippen molar-refractivity contribution in [1.29, 1.82) is 0 Å². The number of nitrogens with one attached hydrogen (secondary N) is 1. The van der Waals surface area contributed by atoms with Crippen LogP contribution in [0.15, 0.2) is 23.1 Å². The Hall–Kier alpha value is -0.710. The molecular formula is C10H11ClN2OS. The second kappa shape index (κ2) is 4.43. The number of rotatable bonds is 2. The van der Waals surface area contributed by atoms with Gasteiger partial charge in [-0.3, -0.25) is 4.79 Å². The molecule has 80 valence electrons. The lowest BCUT2D eigenvalue weighted by molar-refractivity contribution is -0.113. The maximum absolute atomic E-state index is 11.2. The van der Waals surface area contributed by atoms with Gasteiger partial charge in [0.2, 0.25) is 5.91 Å². The SMILES string of the molecule is NC(CCl)c1ccc2c(c1)NC(=O)CS2. The van der Waals surface area contributed by atoms with Crippen molar-refractivity contribution in [3.63, 3.8) is 0 Å². The Balaban J connectivity index is 2.32. The molecule has 1 aliphatic heterocycles. The van der Waals surface area contributed by atoms with Crippen LogP contribution in [-0.2, 0) is 4.79 Å². The minimum Gasteiger partial charge on any atom is -0.324 e. The molecule has 3 nitrogen and oxygen atoms in total. The van der Waals surface area contributed by atoms with Crippen LogP contribution in [0.2, 0.25) is 0 Å². The maximum atomic E-state index is 11.2. The van der Waals surface area contributed by atoms with Crippen LogP contribution in [0.1, 0.15) is 11.6 Å². The van der Waals surface area contributed by atoms with Crippen molar-refractivity contribution in [1.82, 2.24) is 0 Å². The zero-order valence-electron chi connectivity index (χ0n) is 8.00. The smallest absolute Gasteiger partial charge is 0.234 e. The standard InChI is InChI=1S/C10H11ClN2OS/c11-4-7(12)6-1-2-9-8(3-6)13-10(14)5-15-9/h1-3,7H,4-5,12H2,(H,13,14). The Bertz CT molecular complexity index is 397. The van der Waals surface area contributed by atoms with E-state index in [1.165, 1.54) is 11.8 Å². The predicted molar refractivity (Wildman–Crippen MR) is 63.4 cm³/mol. The molecule has 1 unspecified atom stereocenters. The van der Waals surface area contributed by atoms with Crippen LogP contribution < -0.4 is 11.1 Å². The summed E-state index contributed by atoms with van der Waals surface area (Å²) in [4.78, 5) is 12.3. The maximum Gasteiger partial charge on any atom is 0.234 e. The van der Waals surface area contributed by atoms with Crippen LogP contribution >= 0.6 is 23.4 Å². The zero-order valence-corrected chi connectivity index (χ0v) is 9.57. The summed E-state index contributed by atoms with van der Waals surface area (Å²) in [5, 5.41) is 2.82. The van der Waals surface area contributed by atoms with E-state index in [4.69, 9.17) is 17.3 Å². The van der Waals surface area contributed by atoms with Gasteiger partial charge >= 0.3 is 0 Å². The number of benzene rings is 1. The Labute approximate surface area is 97.4 Å². The van der Waals surface area contributed by atoms with E-state index in [0.29, 0.717) is 11.6 Å². The van der Waals surface area contributed by atoms with Crippen molar-refractivity contribution in [3.05, 3.63) is 23.8 Å². The molecule has 0 saturated heterocycles. The molecule has 0 fully saturated rings. The summed E-state index contributed by atoms with van der Waals surface area (Å²) in [6, 6.07) is 5.64. The van der Waals surface area contributed by atoms with Crippen LogP contribution in [0.3, 0.4) is 0 Å². The first kappa shape index (κ1) is 10.8. The summed E-state index contributed by atoms with van der Waals surface area (Å²) in [7, 11) is 0. The van der Waals surface area contributed by atoms with Gasteiger partial charge in [0.15, 0.2) is 0 Å². The van der Waals surface area contributed by atoms with E-state index in [1.54, 1.807) is 0 Å². The van der Waals surface area contributed by atoms with E-state index in [0.717, 1.165) is 16.1 Å². The molecule has 0 saturated carbocycles. The van der Waals surface area contributed by atoms with Crippen molar-refractivity contribution in [2.45, 2.75) is 10.9 Å². The number of amides is 1. The zero-order chi connectivity index (χ0) is 10.8. The minimum atomic E-state index is -0.180. The van der Waals surface area contributed by atoms with E-state index in [2.05, 4.69) is 5.32 Å².